The van der Waals surface area contributed by atoms with Crippen molar-refractivity contribution in [2.45, 2.75) is 54.9 Å². The number of nitrogens with one attached hydrogen (secondary N) is 2. The normalized spacial score (nSPS) is 27.0. The zero-order chi connectivity index (χ0) is 21.6. The maximum atomic E-state index is 10.7. The molecule has 1 aliphatic heterocycles. The van der Waals surface area contributed by atoms with Crippen LogP contribution in [-0.2, 0) is 5.41 Å². The van der Waals surface area contributed by atoms with Crippen LogP contribution in [0.3, 0.4) is 0 Å². The summed E-state index contributed by atoms with van der Waals surface area (Å²) in [6, 6.07) is 18.5. The first kappa shape index (κ1) is 20.6. The summed E-state index contributed by atoms with van der Waals surface area (Å²) < 4.78 is 0.924. The molecule has 2 N–H and O–H groups in total. The van der Waals surface area contributed by atoms with Crippen LogP contribution in [-0.4, -0.2) is 32.1 Å². The molecule has 0 bridgehead atoms. The zero-order valence-electron chi connectivity index (χ0n) is 17.1. The van der Waals surface area contributed by atoms with Gasteiger partial charge in [0, 0.05) is 16.4 Å². The number of fused-ring (bicyclic) bond motifs is 1. The lowest BCUT2D eigenvalue weighted by atomic mass is 9.74. The molecule has 1 saturated carbocycles. The van der Waals surface area contributed by atoms with Crippen LogP contribution < -0.4 is 0 Å². The van der Waals surface area contributed by atoms with Crippen LogP contribution in [0, 0.1) is 16.7 Å². The fourth-order valence-electron chi connectivity index (χ4n) is 5.32. The Kier molecular flexibility index (Phi) is 5.31. The first-order chi connectivity index (χ1) is 15.1. The van der Waals surface area contributed by atoms with Gasteiger partial charge in [0.1, 0.15) is 11.7 Å². The minimum atomic E-state index is -1.24. The van der Waals surface area contributed by atoms with E-state index in [1.165, 1.54) is 6.42 Å². The number of aromatic amines is 1. The van der Waals surface area contributed by atoms with Gasteiger partial charge in [-0.25, -0.2) is 4.98 Å². The third-order valence-corrected chi connectivity index (χ3v) is 8.10. The van der Waals surface area contributed by atoms with Gasteiger partial charge >= 0.3 is 0 Å². The molecule has 5 rings (SSSR count). The number of thiol groups is 1. The van der Waals surface area contributed by atoms with Crippen molar-refractivity contribution in [1.29, 1.82) is 10.7 Å². The Morgan fingerprint density at radius 3 is 2.55 bits per heavy atom. The summed E-state index contributed by atoms with van der Waals surface area (Å²) >= 11 is 8.76. The van der Waals surface area contributed by atoms with Crippen LogP contribution in [0.1, 0.15) is 49.4 Å². The van der Waals surface area contributed by atoms with Crippen molar-refractivity contribution in [3.05, 3.63) is 64.4 Å². The van der Waals surface area contributed by atoms with Gasteiger partial charge in [0.25, 0.3) is 0 Å². The van der Waals surface area contributed by atoms with E-state index < -0.39 is 5.41 Å². The topological polar surface area (TPSA) is 79.6 Å². The van der Waals surface area contributed by atoms with Crippen LogP contribution >= 0.6 is 28.6 Å². The molecule has 3 aromatic rings. The third kappa shape index (κ3) is 3.11. The quantitative estimate of drug-likeness (QED) is 0.406. The van der Waals surface area contributed by atoms with Crippen LogP contribution in [0.15, 0.2) is 53.0 Å². The number of rotatable bonds is 3. The predicted molar refractivity (Wildman–Crippen MR) is 129 cm³/mol. The van der Waals surface area contributed by atoms with Crippen LogP contribution in [0.2, 0.25) is 0 Å². The third-order valence-electron chi connectivity index (χ3n) is 6.83. The second-order valence-corrected chi connectivity index (χ2v) is 9.87. The van der Waals surface area contributed by atoms with E-state index in [2.05, 4.69) is 31.9 Å². The minimum absolute atomic E-state index is 0.230. The van der Waals surface area contributed by atoms with Gasteiger partial charge in [0.05, 0.1) is 22.5 Å². The second kappa shape index (κ2) is 7.99. The molecular formula is C24H24BrN5S. The first-order valence-corrected chi connectivity index (χ1v) is 12.0. The Bertz CT molecular complexity index is 1140. The van der Waals surface area contributed by atoms with E-state index in [0.29, 0.717) is 11.7 Å². The largest absolute Gasteiger partial charge is 0.343 e. The van der Waals surface area contributed by atoms with E-state index in [-0.39, 0.29) is 17.3 Å². The molecule has 158 valence electrons. The Morgan fingerprint density at radius 2 is 1.84 bits per heavy atom. The van der Waals surface area contributed by atoms with Crippen molar-refractivity contribution in [2.24, 2.45) is 0 Å². The van der Waals surface area contributed by atoms with Crippen molar-refractivity contribution < 1.29 is 0 Å². The summed E-state index contributed by atoms with van der Waals surface area (Å²) in [5.74, 6) is 0.493. The summed E-state index contributed by atoms with van der Waals surface area (Å²) in [6.07, 6.45) is 5.60. The van der Waals surface area contributed by atoms with Crippen LogP contribution in [0.25, 0.3) is 11.0 Å². The zero-order valence-corrected chi connectivity index (χ0v) is 19.5. The Morgan fingerprint density at radius 1 is 1.13 bits per heavy atom. The summed E-state index contributed by atoms with van der Waals surface area (Å²) in [4.78, 5) is 10.3. The van der Waals surface area contributed by atoms with Crippen molar-refractivity contribution in [3.63, 3.8) is 0 Å². The van der Waals surface area contributed by atoms with Crippen molar-refractivity contribution >= 4 is 45.4 Å². The molecule has 1 aromatic heterocycles. The highest BCUT2D eigenvalue weighted by molar-refractivity contribution is 9.10. The average molecular weight is 494 g/mol. The number of para-hydroxylation sites is 2. The predicted octanol–water partition coefficient (Wildman–Crippen LogP) is 5.75. The molecular weight excluding hydrogens is 470 g/mol. The molecule has 0 amide bonds. The summed E-state index contributed by atoms with van der Waals surface area (Å²) in [5.41, 5.74) is 1.41. The second-order valence-electron chi connectivity index (χ2n) is 8.48. The SMILES string of the molecule is N#CC1(c2nc3ccccc3[nH]2)C(=N)N(C2CCCCC2)C(S)C1c1ccccc1Br. The van der Waals surface area contributed by atoms with Gasteiger partial charge in [0.2, 0.25) is 0 Å². The number of nitrogens with zero attached hydrogens (tertiary/aromatic N) is 3. The number of aromatic nitrogens is 2. The lowest BCUT2D eigenvalue weighted by molar-refractivity contribution is 0.238. The molecule has 2 aromatic carbocycles. The molecule has 2 aliphatic rings. The van der Waals surface area contributed by atoms with Gasteiger partial charge in [0.15, 0.2) is 5.41 Å². The van der Waals surface area contributed by atoms with Gasteiger partial charge in [-0.1, -0.05) is 65.5 Å². The molecule has 1 saturated heterocycles. The van der Waals surface area contributed by atoms with E-state index in [1.54, 1.807) is 0 Å². The molecule has 7 heteroatoms. The highest BCUT2D eigenvalue weighted by Crippen LogP contribution is 2.53. The lowest BCUT2D eigenvalue weighted by Gasteiger charge is -2.36. The molecule has 0 radical (unpaired) electrons. The van der Waals surface area contributed by atoms with Gasteiger partial charge in [-0.05, 0) is 36.6 Å². The van der Waals surface area contributed by atoms with E-state index in [9.17, 15) is 10.7 Å². The molecule has 0 spiro atoms. The highest BCUT2D eigenvalue weighted by atomic mass is 79.9. The number of likely N-dealkylation sites (tertiary alicyclic amines) is 1. The maximum Gasteiger partial charge on any atom is 0.181 e. The van der Waals surface area contributed by atoms with Gasteiger partial charge < -0.3 is 9.88 Å². The van der Waals surface area contributed by atoms with Gasteiger partial charge in [-0.3, -0.25) is 5.41 Å². The van der Waals surface area contributed by atoms with Crippen molar-refractivity contribution in [3.8, 4) is 6.07 Å². The van der Waals surface area contributed by atoms with Crippen molar-refractivity contribution in [1.82, 2.24) is 14.9 Å². The summed E-state index contributed by atoms with van der Waals surface area (Å²) in [6.45, 7) is 0. The molecule has 1 aliphatic carbocycles. The summed E-state index contributed by atoms with van der Waals surface area (Å²) in [7, 11) is 0. The number of amidine groups is 1. The smallest absolute Gasteiger partial charge is 0.181 e. The standard InChI is InChI=1S/C24H24BrN5S/c25-17-11-5-4-10-16(17)20-21(31)30(15-8-2-1-3-9-15)22(27)24(20,14-26)23-28-18-12-6-7-13-19(18)29-23/h4-7,10-13,15,20-21,27,31H,1-3,8-9H2,(H,28,29). The Labute approximate surface area is 195 Å². The fourth-order valence-corrected chi connectivity index (χ4v) is 6.54. The maximum absolute atomic E-state index is 10.7. The molecule has 2 fully saturated rings. The monoisotopic (exact) mass is 493 g/mol. The molecule has 3 atom stereocenters. The van der Waals surface area contributed by atoms with Gasteiger partial charge in [-0.2, -0.15) is 17.9 Å². The summed E-state index contributed by atoms with van der Waals surface area (Å²) in [5, 5.41) is 19.7. The molecule has 5 nitrogen and oxygen atoms in total. The number of nitriles is 1. The number of hydrogen-bond acceptors (Lipinski definition) is 4. The Balaban J connectivity index is 1.73. The van der Waals surface area contributed by atoms with E-state index >= 15 is 0 Å². The average Bonchev–Trinajstić information content (AvgIpc) is 3.32. The molecule has 2 heterocycles. The van der Waals surface area contributed by atoms with Gasteiger partial charge in [-0.15, -0.1) is 0 Å². The minimum Gasteiger partial charge on any atom is -0.343 e. The van der Waals surface area contributed by atoms with E-state index in [4.69, 9.17) is 17.6 Å². The Hall–Kier alpha value is -2.30. The highest BCUT2D eigenvalue weighted by Gasteiger charge is 2.61. The van der Waals surface area contributed by atoms with Crippen LogP contribution in [0.5, 0.6) is 0 Å². The van der Waals surface area contributed by atoms with Crippen LogP contribution in [0.4, 0.5) is 0 Å². The molecule has 31 heavy (non-hydrogen) atoms. The molecule has 3 unspecified atom stereocenters. The van der Waals surface area contributed by atoms with Crippen molar-refractivity contribution in [2.75, 3.05) is 0 Å². The number of hydrogen-bond donors (Lipinski definition) is 3. The van der Waals surface area contributed by atoms with E-state index in [0.717, 1.165) is 46.8 Å². The lowest BCUT2D eigenvalue weighted by Crippen LogP contribution is -2.44. The fraction of sp³-hybridized carbons (Fsp3) is 0.375. The number of H-pyrrole nitrogens is 1. The number of halogens is 1. The van der Waals surface area contributed by atoms with E-state index in [1.807, 2.05) is 48.5 Å². The number of benzene rings is 2. The number of imidazole rings is 1. The first-order valence-electron chi connectivity index (χ1n) is 10.7.